The van der Waals surface area contributed by atoms with Crippen molar-refractivity contribution in [3.63, 3.8) is 0 Å². The van der Waals surface area contributed by atoms with Crippen molar-refractivity contribution in [2.24, 2.45) is 0 Å². The van der Waals surface area contributed by atoms with Crippen LogP contribution in [0.25, 0.3) is 0 Å². The van der Waals surface area contributed by atoms with Crippen LogP contribution in [0.1, 0.15) is 25.5 Å². The standard InChI is InChI=1S/C13H21N3O/c1-10(2)17-13-5-4-11(8-15-13)12-9-14-6-7-16(12)3/h4-5,8,10,12,14H,6-7,9H2,1-3H3. The summed E-state index contributed by atoms with van der Waals surface area (Å²) in [6, 6.07) is 4.49. The van der Waals surface area contributed by atoms with Gasteiger partial charge in [-0.3, -0.25) is 4.90 Å². The van der Waals surface area contributed by atoms with Crippen molar-refractivity contribution >= 4 is 0 Å². The first kappa shape index (κ1) is 12.3. The van der Waals surface area contributed by atoms with Crippen molar-refractivity contribution in [3.05, 3.63) is 23.9 Å². The van der Waals surface area contributed by atoms with Crippen molar-refractivity contribution < 1.29 is 4.74 Å². The molecule has 0 amide bonds. The first-order valence-electron chi connectivity index (χ1n) is 6.20. The second kappa shape index (κ2) is 5.47. The fourth-order valence-corrected chi connectivity index (χ4v) is 2.08. The number of aromatic nitrogens is 1. The third kappa shape index (κ3) is 3.17. The minimum atomic E-state index is 0.173. The SMILES string of the molecule is CC(C)Oc1ccc(C2CNCCN2C)cn1. The number of piperazine rings is 1. The lowest BCUT2D eigenvalue weighted by atomic mass is 10.1. The summed E-state index contributed by atoms with van der Waals surface area (Å²) in [5.74, 6) is 0.704. The molecule has 0 bridgehead atoms. The maximum Gasteiger partial charge on any atom is 0.213 e. The molecule has 4 nitrogen and oxygen atoms in total. The summed E-state index contributed by atoms with van der Waals surface area (Å²) < 4.78 is 5.54. The van der Waals surface area contributed by atoms with E-state index in [0.717, 1.165) is 19.6 Å². The lowest BCUT2D eigenvalue weighted by Crippen LogP contribution is -2.43. The molecule has 1 aromatic rings. The van der Waals surface area contributed by atoms with E-state index in [1.165, 1.54) is 5.56 Å². The quantitative estimate of drug-likeness (QED) is 0.860. The van der Waals surface area contributed by atoms with E-state index in [0.29, 0.717) is 11.9 Å². The number of rotatable bonds is 3. The zero-order valence-corrected chi connectivity index (χ0v) is 10.8. The van der Waals surface area contributed by atoms with Crippen LogP contribution in [0.15, 0.2) is 18.3 Å². The van der Waals surface area contributed by atoms with Gasteiger partial charge in [0, 0.05) is 37.9 Å². The Morgan fingerprint density at radius 2 is 2.29 bits per heavy atom. The van der Waals surface area contributed by atoms with Gasteiger partial charge >= 0.3 is 0 Å². The summed E-state index contributed by atoms with van der Waals surface area (Å²) in [6.45, 7) is 7.15. The van der Waals surface area contributed by atoms with Crippen LogP contribution in [-0.4, -0.2) is 42.7 Å². The molecule has 0 spiro atoms. The Hall–Kier alpha value is -1.13. The third-order valence-electron chi connectivity index (χ3n) is 3.01. The normalized spacial score (nSPS) is 21.8. The highest BCUT2D eigenvalue weighted by atomic mass is 16.5. The molecule has 0 saturated carbocycles. The number of hydrogen-bond donors (Lipinski definition) is 1. The number of nitrogens with zero attached hydrogens (tertiary/aromatic N) is 2. The molecule has 17 heavy (non-hydrogen) atoms. The zero-order chi connectivity index (χ0) is 12.3. The van der Waals surface area contributed by atoms with Gasteiger partial charge in [0.1, 0.15) is 0 Å². The van der Waals surface area contributed by atoms with Crippen molar-refractivity contribution in [1.29, 1.82) is 0 Å². The zero-order valence-electron chi connectivity index (χ0n) is 10.8. The number of nitrogens with one attached hydrogen (secondary N) is 1. The second-order valence-electron chi connectivity index (χ2n) is 4.80. The summed E-state index contributed by atoms with van der Waals surface area (Å²) in [5, 5.41) is 3.41. The Balaban J connectivity index is 2.06. The maximum atomic E-state index is 5.54. The molecule has 2 rings (SSSR count). The molecule has 1 atom stereocenters. The molecule has 94 valence electrons. The van der Waals surface area contributed by atoms with Gasteiger partial charge in [-0.2, -0.15) is 0 Å². The Labute approximate surface area is 103 Å². The summed E-state index contributed by atoms with van der Waals surface area (Å²) in [5.41, 5.74) is 1.25. The van der Waals surface area contributed by atoms with E-state index in [9.17, 15) is 0 Å². The molecule has 1 saturated heterocycles. The summed E-state index contributed by atoms with van der Waals surface area (Å²) in [4.78, 5) is 6.71. The Bertz CT molecular complexity index is 350. The van der Waals surface area contributed by atoms with E-state index in [4.69, 9.17) is 4.74 Å². The molecule has 0 radical (unpaired) electrons. The van der Waals surface area contributed by atoms with Crippen LogP contribution in [0.5, 0.6) is 5.88 Å². The van der Waals surface area contributed by atoms with Gasteiger partial charge in [0.05, 0.1) is 6.10 Å². The minimum absolute atomic E-state index is 0.173. The maximum absolute atomic E-state index is 5.54. The summed E-state index contributed by atoms with van der Waals surface area (Å²) in [6.07, 6.45) is 2.10. The smallest absolute Gasteiger partial charge is 0.213 e. The van der Waals surface area contributed by atoms with Gasteiger partial charge in [-0.25, -0.2) is 4.98 Å². The molecule has 2 heterocycles. The molecule has 1 aliphatic rings. The number of ether oxygens (including phenoxy) is 1. The molecule has 0 aromatic carbocycles. The first-order valence-corrected chi connectivity index (χ1v) is 6.20. The Morgan fingerprint density at radius 1 is 1.47 bits per heavy atom. The van der Waals surface area contributed by atoms with Gasteiger partial charge < -0.3 is 10.1 Å². The van der Waals surface area contributed by atoms with Crippen LogP contribution in [0, 0.1) is 0 Å². The van der Waals surface area contributed by atoms with E-state index in [1.807, 2.05) is 26.1 Å². The van der Waals surface area contributed by atoms with Crippen LogP contribution in [0.2, 0.25) is 0 Å². The Kier molecular flexibility index (Phi) is 3.97. The topological polar surface area (TPSA) is 37.4 Å². The highest BCUT2D eigenvalue weighted by molar-refractivity contribution is 5.21. The van der Waals surface area contributed by atoms with E-state index in [1.54, 1.807) is 0 Å². The fraction of sp³-hybridized carbons (Fsp3) is 0.615. The molecule has 1 fully saturated rings. The van der Waals surface area contributed by atoms with Crippen LogP contribution in [0.4, 0.5) is 0 Å². The molecular weight excluding hydrogens is 214 g/mol. The predicted octanol–water partition coefficient (Wildman–Crippen LogP) is 1.44. The molecule has 1 aliphatic heterocycles. The van der Waals surface area contributed by atoms with Gasteiger partial charge in [0.25, 0.3) is 0 Å². The minimum Gasteiger partial charge on any atom is -0.475 e. The van der Waals surface area contributed by atoms with E-state index < -0.39 is 0 Å². The van der Waals surface area contributed by atoms with Gasteiger partial charge in [0.15, 0.2) is 0 Å². The number of pyridine rings is 1. The van der Waals surface area contributed by atoms with Crippen LogP contribution in [-0.2, 0) is 0 Å². The average molecular weight is 235 g/mol. The number of likely N-dealkylation sites (N-methyl/N-ethyl adjacent to an activating group) is 1. The molecular formula is C13H21N3O. The fourth-order valence-electron chi connectivity index (χ4n) is 2.08. The van der Waals surface area contributed by atoms with Crippen LogP contribution in [0.3, 0.4) is 0 Å². The van der Waals surface area contributed by atoms with Gasteiger partial charge in [0.2, 0.25) is 5.88 Å². The van der Waals surface area contributed by atoms with Crippen molar-refractivity contribution in [2.45, 2.75) is 26.0 Å². The predicted molar refractivity (Wildman–Crippen MR) is 68.2 cm³/mol. The van der Waals surface area contributed by atoms with Crippen molar-refractivity contribution in [2.75, 3.05) is 26.7 Å². The van der Waals surface area contributed by atoms with E-state index >= 15 is 0 Å². The lowest BCUT2D eigenvalue weighted by molar-refractivity contribution is 0.201. The summed E-state index contributed by atoms with van der Waals surface area (Å²) in [7, 11) is 2.16. The van der Waals surface area contributed by atoms with Gasteiger partial charge in [-0.15, -0.1) is 0 Å². The Morgan fingerprint density at radius 3 is 2.88 bits per heavy atom. The first-order chi connectivity index (χ1) is 8.16. The largest absolute Gasteiger partial charge is 0.475 e. The van der Waals surface area contributed by atoms with Gasteiger partial charge in [-0.05, 0) is 26.5 Å². The molecule has 1 N–H and O–H groups in total. The van der Waals surface area contributed by atoms with E-state index in [-0.39, 0.29) is 6.10 Å². The molecule has 0 aliphatic carbocycles. The average Bonchev–Trinajstić information content (AvgIpc) is 2.30. The molecule has 4 heteroatoms. The lowest BCUT2D eigenvalue weighted by Gasteiger charge is -2.33. The highest BCUT2D eigenvalue weighted by Gasteiger charge is 2.20. The monoisotopic (exact) mass is 235 g/mol. The molecule has 1 aromatic heterocycles. The number of hydrogen-bond acceptors (Lipinski definition) is 4. The van der Waals surface area contributed by atoms with Crippen molar-refractivity contribution in [3.8, 4) is 5.88 Å². The van der Waals surface area contributed by atoms with E-state index in [2.05, 4.69) is 28.3 Å². The second-order valence-corrected chi connectivity index (χ2v) is 4.80. The van der Waals surface area contributed by atoms with Crippen LogP contribution < -0.4 is 10.1 Å². The van der Waals surface area contributed by atoms with Crippen LogP contribution >= 0.6 is 0 Å². The summed E-state index contributed by atoms with van der Waals surface area (Å²) >= 11 is 0. The third-order valence-corrected chi connectivity index (χ3v) is 3.01. The van der Waals surface area contributed by atoms with Crippen molar-refractivity contribution in [1.82, 2.24) is 15.2 Å². The molecule has 1 unspecified atom stereocenters. The van der Waals surface area contributed by atoms with Gasteiger partial charge in [-0.1, -0.05) is 6.07 Å². The highest BCUT2D eigenvalue weighted by Crippen LogP contribution is 2.21.